The first kappa shape index (κ1) is 15.5. The van der Waals surface area contributed by atoms with Crippen LogP contribution in [0.1, 0.15) is 35.9 Å². The number of carbonyl (C=O) groups is 1. The van der Waals surface area contributed by atoms with E-state index in [1.165, 1.54) is 23.2 Å². The molecule has 3 aromatic rings. The Hall–Kier alpha value is -2.40. The van der Waals surface area contributed by atoms with Gasteiger partial charge in [0, 0.05) is 6.54 Å². The fourth-order valence-electron chi connectivity index (χ4n) is 2.38. The molecule has 2 aromatic heterocycles. The summed E-state index contributed by atoms with van der Waals surface area (Å²) < 4.78 is 8.24. The molecule has 3 rings (SSSR count). The van der Waals surface area contributed by atoms with Crippen LogP contribution < -0.4 is 4.80 Å². The highest BCUT2D eigenvalue weighted by Crippen LogP contribution is 2.23. The van der Waals surface area contributed by atoms with Gasteiger partial charge in [-0.3, -0.25) is 4.79 Å². The molecule has 0 aliphatic rings. The average Bonchev–Trinajstić information content (AvgIpc) is 3.16. The molecule has 0 fully saturated rings. The van der Waals surface area contributed by atoms with Crippen LogP contribution in [0.15, 0.2) is 58.7 Å². The smallest absolute Gasteiger partial charge is 0.315 e. The van der Waals surface area contributed by atoms with Crippen LogP contribution in [0.5, 0.6) is 0 Å². The van der Waals surface area contributed by atoms with Crippen molar-refractivity contribution in [2.75, 3.05) is 0 Å². The van der Waals surface area contributed by atoms with Gasteiger partial charge in [-0.05, 0) is 35.7 Å². The zero-order chi connectivity index (χ0) is 16.4. The van der Waals surface area contributed by atoms with Gasteiger partial charge in [0.05, 0.1) is 16.5 Å². The lowest BCUT2D eigenvalue weighted by molar-refractivity contribution is 0.0971. The number of benzene rings is 1. The normalized spacial score (nSPS) is 12.2. The van der Waals surface area contributed by atoms with Gasteiger partial charge in [-0.2, -0.15) is 4.99 Å². The van der Waals surface area contributed by atoms with Gasteiger partial charge in [-0.15, -0.1) is 6.58 Å². The third kappa shape index (κ3) is 3.05. The van der Waals surface area contributed by atoms with E-state index in [1.54, 1.807) is 18.2 Å². The second-order valence-electron chi connectivity index (χ2n) is 5.56. The van der Waals surface area contributed by atoms with Crippen molar-refractivity contribution in [1.82, 2.24) is 4.57 Å². The van der Waals surface area contributed by atoms with Crippen LogP contribution in [-0.2, 0) is 6.54 Å². The Morgan fingerprint density at radius 1 is 1.43 bits per heavy atom. The Morgan fingerprint density at radius 3 is 2.91 bits per heavy atom. The Morgan fingerprint density at radius 2 is 2.26 bits per heavy atom. The molecule has 23 heavy (non-hydrogen) atoms. The molecule has 0 atom stereocenters. The number of aromatic nitrogens is 1. The summed E-state index contributed by atoms with van der Waals surface area (Å²) in [6.07, 6.45) is 3.28. The second-order valence-corrected chi connectivity index (χ2v) is 6.57. The van der Waals surface area contributed by atoms with E-state index in [0.29, 0.717) is 17.3 Å². The van der Waals surface area contributed by atoms with Crippen LogP contribution in [0.2, 0.25) is 0 Å². The van der Waals surface area contributed by atoms with Gasteiger partial charge >= 0.3 is 5.91 Å². The summed E-state index contributed by atoms with van der Waals surface area (Å²) >= 11 is 1.51. The van der Waals surface area contributed by atoms with E-state index < -0.39 is 0 Å². The van der Waals surface area contributed by atoms with Crippen LogP contribution in [0.4, 0.5) is 0 Å². The fraction of sp³-hybridized carbons (Fsp3) is 0.222. The number of amides is 1. The third-order valence-electron chi connectivity index (χ3n) is 3.61. The largest absolute Gasteiger partial charge is 0.459 e. The van der Waals surface area contributed by atoms with Crippen molar-refractivity contribution < 1.29 is 9.21 Å². The highest BCUT2D eigenvalue weighted by Gasteiger charge is 2.11. The number of fused-ring (bicyclic) bond motifs is 1. The van der Waals surface area contributed by atoms with E-state index in [9.17, 15) is 4.79 Å². The molecule has 0 saturated heterocycles. The highest BCUT2D eigenvalue weighted by atomic mass is 32.1. The van der Waals surface area contributed by atoms with Crippen molar-refractivity contribution in [1.29, 1.82) is 0 Å². The summed E-state index contributed by atoms with van der Waals surface area (Å²) in [6, 6.07) is 9.67. The lowest BCUT2D eigenvalue weighted by Crippen LogP contribution is -2.16. The quantitative estimate of drug-likeness (QED) is 0.669. The molecular formula is C18H18N2O2S. The van der Waals surface area contributed by atoms with Gasteiger partial charge in [0.2, 0.25) is 0 Å². The number of furan rings is 1. The zero-order valence-electron chi connectivity index (χ0n) is 13.2. The van der Waals surface area contributed by atoms with Gasteiger partial charge in [0.1, 0.15) is 0 Å². The molecular weight excluding hydrogens is 308 g/mol. The molecule has 118 valence electrons. The van der Waals surface area contributed by atoms with Crippen LogP contribution in [0.3, 0.4) is 0 Å². The molecule has 5 heteroatoms. The van der Waals surface area contributed by atoms with Crippen LogP contribution >= 0.6 is 11.3 Å². The predicted molar refractivity (Wildman–Crippen MR) is 92.7 cm³/mol. The van der Waals surface area contributed by atoms with E-state index in [4.69, 9.17) is 4.42 Å². The number of allylic oxidation sites excluding steroid dienone is 1. The third-order valence-corrected chi connectivity index (χ3v) is 4.66. The van der Waals surface area contributed by atoms with Crippen LogP contribution in [0.25, 0.3) is 10.2 Å². The Labute approximate surface area is 138 Å². The van der Waals surface area contributed by atoms with E-state index in [-0.39, 0.29) is 11.7 Å². The summed E-state index contributed by atoms with van der Waals surface area (Å²) in [7, 11) is 0. The lowest BCUT2D eigenvalue weighted by Gasteiger charge is -2.05. The monoisotopic (exact) mass is 326 g/mol. The second kappa shape index (κ2) is 6.38. The molecule has 0 aliphatic heterocycles. The van der Waals surface area contributed by atoms with Crippen molar-refractivity contribution in [3.8, 4) is 0 Å². The number of carbonyl (C=O) groups excluding carboxylic acids is 1. The van der Waals surface area contributed by atoms with Gasteiger partial charge < -0.3 is 8.98 Å². The maximum absolute atomic E-state index is 12.2. The summed E-state index contributed by atoms with van der Waals surface area (Å²) in [5.41, 5.74) is 2.33. The van der Waals surface area contributed by atoms with Gasteiger partial charge in [0.25, 0.3) is 0 Å². The highest BCUT2D eigenvalue weighted by molar-refractivity contribution is 7.16. The molecule has 1 aromatic carbocycles. The maximum Gasteiger partial charge on any atom is 0.315 e. The molecule has 0 spiro atoms. The first-order valence-electron chi connectivity index (χ1n) is 7.47. The molecule has 0 bridgehead atoms. The van der Waals surface area contributed by atoms with Crippen molar-refractivity contribution in [3.05, 3.63) is 65.4 Å². The number of thiazole rings is 1. The Bertz CT molecular complexity index is 914. The molecule has 4 nitrogen and oxygen atoms in total. The van der Waals surface area contributed by atoms with Crippen molar-refractivity contribution in [3.63, 3.8) is 0 Å². The fourth-order valence-corrected chi connectivity index (χ4v) is 3.47. The van der Waals surface area contributed by atoms with Crippen LogP contribution in [0, 0.1) is 0 Å². The van der Waals surface area contributed by atoms with E-state index in [1.807, 2.05) is 4.57 Å². The Balaban J connectivity index is 2.17. The predicted octanol–water partition coefficient (Wildman–Crippen LogP) is 4.35. The summed E-state index contributed by atoms with van der Waals surface area (Å²) in [5, 5.41) is 0. The van der Waals surface area contributed by atoms with E-state index in [2.05, 4.69) is 43.6 Å². The summed E-state index contributed by atoms with van der Waals surface area (Å²) in [4.78, 5) is 17.1. The molecule has 0 N–H and O–H groups in total. The maximum atomic E-state index is 12.2. The topological polar surface area (TPSA) is 47.5 Å². The number of nitrogens with zero attached hydrogens (tertiary/aromatic N) is 2. The molecule has 0 saturated carbocycles. The number of hydrogen-bond donors (Lipinski definition) is 0. The number of rotatable bonds is 4. The van der Waals surface area contributed by atoms with E-state index >= 15 is 0 Å². The van der Waals surface area contributed by atoms with Crippen molar-refractivity contribution in [2.24, 2.45) is 4.99 Å². The van der Waals surface area contributed by atoms with E-state index in [0.717, 1.165) is 10.2 Å². The average molecular weight is 326 g/mol. The minimum absolute atomic E-state index is 0.246. The van der Waals surface area contributed by atoms with Gasteiger partial charge in [0.15, 0.2) is 10.6 Å². The van der Waals surface area contributed by atoms with Crippen molar-refractivity contribution in [2.45, 2.75) is 26.3 Å². The number of hydrogen-bond acceptors (Lipinski definition) is 3. The minimum atomic E-state index is -0.372. The van der Waals surface area contributed by atoms with Crippen molar-refractivity contribution >= 4 is 27.5 Å². The van der Waals surface area contributed by atoms with Gasteiger partial charge in [-0.1, -0.05) is 37.3 Å². The molecule has 2 heterocycles. The first-order valence-corrected chi connectivity index (χ1v) is 8.28. The van der Waals surface area contributed by atoms with Gasteiger partial charge in [-0.25, -0.2) is 0 Å². The Kier molecular flexibility index (Phi) is 4.30. The molecule has 1 amide bonds. The lowest BCUT2D eigenvalue weighted by atomic mass is 10.0. The summed E-state index contributed by atoms with van der Waals surface area (Å²) in [6.45, 7) is 8.73. The molecule has 0 radical (unpaired) electrons. The first-order chi connectivity index (χ1) is 11.1. The SMILES string of the molecule is C=CCn1c(=NC(=O)c2ccco2)sc2cc(C(C)C)ccc21. The van der Waals surface area contributed by atoms with Crippen LogP contribution in [-0.4, -0.2) is 10.5 Å². The molecule has 0 unspecified atom stereocenters. The molecule has 0 aliphatic carbocycles. The summed E-state index contributed by atoms with van der Waals surface area (Å²) in [5.74, 6) is 0.332. The minimum Gasteiger partial charge on any atom is -0.459 e. The standard InChI is InChI=1S/C18H18N2O2S/c1-4-9-20-14-8-7-13(12(2)3)11-16(14)23-18(20)19-17(21)15-6-5-10-22-15/h4-8,10-12H,1,9H2,2-3H3. The zero-order valence-corrected chi connectivity index (χ0v) is 14.0.